The molecular weight excluding hydrogens is 266 g/mol. The molecule has 0 aromatic heterocycles. The minimum absolute atomic E-state index is 0.0800. The van der Waals surface area contributed by atoms with Crippen LogP contribution in [0.25, 0.3) is 0 Å². The standard InChI is InChI=1S/C17H23NO3/c1-2-3-4-5-10-16(19)18-12-13(11-17(20)21)14-8-6-7-9-15(14)18/h6-9,13H,2-5,10-12H2,1H3,(H,20,21). The number of carboxylic acid groups (broad SMARTS) is 1. The summed E-state index contributed by atoms with van der Waals surface area (Å²) in [6.07, 6.45) is 4.93. The fourth-order valence-corrected chi connectivity index (χ4v) is 2.96. The van der Waals surface area contributed by atoms with Gasteiger partial charge in [-0.3, -0.25) is 9.59 Å². The van der Waals surface area contributed by atoms with Gasteiger partial charge in [0.1, 0.15) is 0 Å². The Hall–Kier alpha value is -1.84. The second-order valence-corrected chi connectivity index (χ2v) is 5.67. The van der Waals surface area contributed by atoms with Crippen molar-refractivity contribution in [3.63, 3.8) is 0 Å². The molecule has 1 aliphatic heterocycles. The van der Waals surface area contributed by atoms with Crippen molar-refractivity contribution in [2.45, 2.75) is 51.4 Å². The largest absolute Gasteiger partial charge is 0.481 e. The van der Waals surface area contributed by atoms with Gasteiger partial charge in [0.25, 0.3) is 0 Å². The van der Waals surface area contributed by atoms with Crippen molar-refractivity contribution in [2.24, 2.45) is 0 Å². The van der Waals surface area contributed by atoms with Crippen molar-refractivity contribution < 1.29 is 14.7 Å². The Bertz CT molecular complexity index is 513. The number of carbonyl (C=O) groups excluding carboxylic acids is 1. The third-order valence-corrected chi connectivity index (χ3v) is 4.04. The summed E-state index contributed by atoms with van der Waals surface area (Å²) in [5.74, 6) is -0.781. The number of hydrogen-bond donors (Lipinski definition) is 1. The lowest BCUT2D eigenvalue weighted by atomic mass is 9.98. The maximum atomic E-state index is 12.4. The van der Waals surface area contributed by atoms with Gasteiger partial charge in [-0.1, -0.05) is 44.4 Å². The van der Waals surface area contributed by atoms with E-state index in [1.165, 1.54) is 0 Å². The second-order valence-electron chi connectivity index (χ2n) is 5.67. The molecule has 0 aliphatic carbocycles. The Kier molecular flexibility index (Phi) is 5.37. The average Bonchev–Trinajstić information content (AvgIpc) is 2.82. The molecule has 1 aliphatic rings. The number of para-hydroxylation sites is 1. The molecule has 1 aromatic carbocycles. The number of carbonyl (C=O) groups is 2. The zero-order valence-electron chi connectivity index (χ0n) is 12.5. The van der Waals surface area contributed by atoms with E-state index >= 15 is 0 Å². The van der Waals surface area contributed by atoms with E-state index in [4.69, 9.17) is 5.11 Å². The van der Waals surface area contributed by atoms with Crippen LogP contribution in [0, 0.1) is 0 Å². The summed E-state index contributed by atoms with van der Waals surface area (Å²) < 4.78 is 0. The Morgan fingerprint density at radius 1 is 1.24 bits per heavy atom. The number of benzene rings is 1. The number of hydrogen-bond acceptors (Lipinski definition) is 2. The van der Waals surface area contributed by atoms with E-state index in [1.54, 1.807) is 4.90 Å². The van der Waals surface area contributed by atoms with Crippen LogP contribution in [0.5, 0.6) is 0 Å². The van der Waals surface area contributed by atoms with E-state index in [9.17, 15) is 9.59 Å². The molecule has 4 nitrogen and oxygen atoms in total. The van der Waals surface area contributed by atoms with Crippen LogP contribution in [-0.4, -0.2) is 23.5 Å². The van der Waals surface area contributed by atoms with Gasteiger partial charge >= 0.3 is 5.97 Å². The van der Waals surface area contributed by atoms with Crippen LogP contribution in [0.3, 0.4) is 0 Å². The second kappa shape index (κ2) is 7.25. The molecule has 0 bridgehead atoms. The molecule has 1 heterocycles. The molecule has 114 valence electrons. The van der Waals surface area contributed by atoms with Crippen LogP contribution in [0.2, 0.25) is 0 Å². The molecule has 21 heavy (non-hydrogen) atoms. The van der Waals surface area contributed by atoms with Gasteiger partial charge in [0.05, 0.1) is 6.42 Å². The van der Waals surface area contributed by atoms with Gasteiger partial charge in [0, 0.05) is 24.6 Å². The van der Waals surface area contributed by atoms with Crippen molar-refractivity contribution >= 4 is 17.6 Å². The summed E-state index contributed by atoms with van der Waals surface area (Å²) in [4.78, 5) is 25.1. The van der Waals surface area contributed by atoms with E-state index < -0.39 is 5.97 Å². The van der Waals surface area contributed by atoms with Crippen molar-refractivity contribution in [1.82, 2.24) is 0 Å². The first-order chi connectivity index (χ1) is 10.1. The van der Waals surface area contributed by atoms with E-state index in [2.05, 4.69) is 6.92 Å². The first kappa shape index (κ1) is 15.5. The predicted molar refractivity (Wildman–Crippen MR) is 82.5 cm³/mol. The lowest BCUT2D eigenvalue weighted by Crippen LogP contribution is -2.29. The molecule has 1 unspecified atom stereocenters. The number of unbranched alkanes of at least 4 members (excludes halogenated alkanes) is 3. The zero-order valence-corrected chi connectivity index (χ0v) is 12.5. The van der Waals surface area contributed by atoms with Crippen LogP contribution in [0.1, 0.15) is 56.9 Å². The molecule has 1 aromatic rings. The maximum absolute atomic E-state index is 12.4. The van der Waals surface area contributed by atoms with Gasteiger partial charge in [0.15, 0.2) is 0 Å². The number of anilines is 1. The van der Waals surface area contributed by atoms with Crippen LogP contribution >= 0.6 is 0 Å². The smallest absolute Gasteiger partial charge is 0.304 e. The summed E-state index contributed by atoms with van der Waals surface area (Å²) in [6.45, 7) is 2.65. The molecule has 0 fully saturated rings. The minimum Gasteiger partial charge on any atom is -0.481 e. The normalized spacial score (nSPS) is 16.8. The summed E-state index contributed by atoms with van der Waals surface area (Å²) in [5, 5.41) is 9.02. The number of carboxylic acids is 1. The third-order valence-electron chi connectivity index (χ3n) is 4.04. The van der Waals surface area contributed by atoms with Crippen molar-refractivity contribution in [3.05, 3.63) is 29.8 Å². The molecule has 0 radical (unpaired) electrons. The molecule has 0 spiro atoms. The number of amides is 1. The van der Waals surface area contributed by atoms with Gasteiger partial charge in [-0.25, -0.2) is 0 Å². The monoisotopic (exact) mass is 289 g/mol. The molecule has 0 saturated heterocycles. The molecule has 1 amide bonds. The van der Waals surface area contributed by atoms with Gasteiger partial charge < -0.3 is 10.0 Å². The number of rotatable bonds is 7. The van der Waals surface area contributed by atoms with Crippen molar-refractivity contribution in [1.29, 1.82) is 0 Å². The molecule has 4 heteroatoms. The SMILES string of the molecule is CCCCCCC(=O)N1CC(CC(=O)O)c2ccccc21. The van der Waals surface area contributed by atoms with Crippen LogP contribution < -0.4 is 4.90 Å². The summed E-state index contributed by atoms with van der Waals surface area (Å²) >= 11 is 0. The lowest BCUT2D eigenvalue weighted by Gasteiger charge is -2.17. The quantitative estimate of drug-likeness (QED) is 0.781. The Balaban J connectivity index is 2.04. The lowest BCUT2D eigenvalue weighted by molar-refractivity contribution is -0.137. The number of fused-ring (bicyclic) bond motifs is 1. The fraction of sp³-hybridized carbons (Fsp3) is 0.529. The highest BCUT2D eigenvalue weighted by atomic mass is 16.4. The topological polar surface area (TPSA) is 57.6 Å². The van der Waals surface area contributed by atoms with Gasteiger partial charge in [0.2, 0.25) is 5.91 Å². The van der Waals surface area contributed by atoms with E-state index in [1.807, 2.05) is 24.3 Å². The van der Waals surface area contributed by atoms with Gasteiger partial charge in [-0.2, -0.15) is 0 Å². The van der Waals surface area contributed by atoms with Crippen LogP contribution in [-0.2, 0) is 9.59 Å². The average molecular weight is 289 g/mol. The fourth-order valence-electron chi connectivity index (χ4n) is 2.96. The molecule has 1 N–H and O–H groups in total. The summed E-state index contributed by atoms with van der Waals surface area (Å²) in [7, 11) is 0. The highest BCUT2D eigenvalue weighted by Crippen LogP contribution is 2.38. The van der Waals surface area contributed by atoms with Crippen LogP contribution in [0.15, 0.2) is 24.3 Å². The Morgan fingerprint density at radius 3 is 2.71 bits per heavy atom. The Labute approximate surface area is 125 Å². The molecular formula is C17H23NO3. The van der Waals surface area contributed by atoms with E-state index in [-0.39, 0.29) is 18.2 Å². The molecule has 2 rings (SSSR count). The third kappa shape index (κ3) is 3.84. The summed E-state index contributed by atoms with van der Waals surface area (Å²) in [5.41, 5.74) is 1.88. The first-order valence-corrected chi connectivity index (χ1v) is 7.74. The van der Waals surface area contributed by atoms with Gasteiger partial charge in [-0.05, 0) is 18.1 Å². The summed E-state index contributed by atoms with van der Waals surface area (Å²) in [6, 6.07) is 7.66. The minimum atomic E-state index is -0.813. The van der Waals surface area contributed by atoms with E-state index in [0.29, 0.717) is 13.0 Å². The van der Waals surface area contributed by atoms with Crippen molar-refractivity contribution in [2.75, 3.05) is 11.4 Å². The first-order valence-electron chi connectivity index (χ1n) is 7.74. The van der Waals surface area contributed by atoms with Gasteiger partial charge in [-0.15, -0.1) is 0 Å². The number of aliphatic carboxylic acids is 1. The highest BCUT2D eigenvalue weighted by Gasteiger charge is 2.32. The Morgan fingerprint density at radius 2 is 2.00 bits per heavy atom. The highest BCUT2D eigenvalue weighted by molar-refractivity contribution is 5.96. The molecule has 1 atom stereocenters. The predicted octanol–water partition coefficient (Wildman–Crippen LogP) is 3.56. The zero-order chi connectivity index (χ0) is 15.2. The van der Waals surface area contributed by atoms with Crippen molar-refractivity contribution in [3.8, 4) is 0 Å². The molecule has 0 saturated carbocycles. The number of nitrogens with zero attached hydrogens (tertiary/aromatic N) is 1. The maximum Gasteiger partial charge on any atom is 0.304 e. The van der Waals surface area contributed by atoms with Crippen LogP contribution in [0.4, 0.5) is 5.69 Å². The van der Waals surface area contributed by atoms with E-state index in [0.717, 1.165) is 36.9 Å².